The van der Waals surface area contributed by atoms with Crippen LogP contribution in [0.25, 0.3) is 66.4 Å². The Kier molecular flexibility index (Phi) is 6.05. The summed E-state index contributed by atoms with van der Waals surface area (Å²) in [4.78, 5) is 8.32. The Hall–Kier alpha value is -5.91. The number of hydrogen-bond acceptors (Lipinski definition) is 3. The molecule has 0 spiro atoms. The number of allylic oxidation sites excluding steroid dienone is 5. The summed E-state index contributed by atoms with van der Waals surface area (Å²) in [5, 5.41) is 9.09. The van der Waals surface area contributed by atoms with Crippen molar-refractivity contribution in [3.8, 4) is 11.1 Å². The minimum Gasteiger partial charge on any atom is -0.345 e. The predicted molar refractivity (Wildman–Crippen MR) is 224 cm³/mol. The first-order chi connectivity index (χ1) is 26.1. The average molecular weight is 701 g/mol. The summed E-state index contributed by atoms with van der Waals surface area (Å²) in [6.07, 6.45) is 12.4. The van der Waals surface area contributed by atoms with Crippen LogP contribution in [0.2, 0.25) is 0 Å². The van der Waals surface area contributed by atoms with Gasteiger partial charge in [0.05, 0.1) is 44.4 Å². The number of fused-ring (bicyclic) bond motifs is 14. The highest BCUT2D eigenvalue weighted by Gasteiger charge is 2.35. The highest BCUT2D eigenvalue weighted by molar-refractivity contribution is 7.15. The van der Waals surface area contributed by atoms with Gasteiger partial charge in [-0.1, -0.05) is 135 Å². The van der Waals surface area contributed by atoms with Crippen molar-refractivity contribution < 1.29 is 0 Å². The van der Waals surface area contributed by atoms with Crippen molar-refractivity contribution >= 4 is 78.0 Å². The van der Waals surface area contributed by atoms with Gasteiger partial charge >= 0.3 is 0 Å². The van der Waals surface area contributed by atoms with E-state index in [1.807, 2.05) is 11.3 Å². The normalized spacial score (nSPS) is 21.2. The molecule has 12 rings (SSSR count). The van der Waals surface area contributed by atoms with Gasteiger partial charge in [-0.15, -0.1) is 11.3 Å². The zero-order valence-corrected chi connectivity index (χ0v) is 30.4. The molecule has 5 heterocycles. The van der Waals surface area contributed by atoms with Gasteiger partial charge < -0.3 is 14.5 Å². The first-order valence-corrected chi connectivity index (χ1v) is 19.7. The third kappa shape index (κ3) is 3.98. The van der Waals surface area contributed by atoms with Gasteiger partial charge in [-0.25, -0.2) is 4.99 Å². The van der Waals surface area contributed by atoms with Crippen LogP contribution in [0, 0.1) is 5.92 Å². The Bertz CT molecular complexity index is 3000. The molecule has 0 saturated heterocycles. The van der Waals surface area contributed by atoms with E-state index in [9.17, 15) is 0 Å². The smallest absolute Gasteiger partial charge is 0.201 e. The Labute approximate surface area is 311 Å². The lowest BCUT2D eigenvalue weighted by Crippen LogP contribution is -2.24. The number of thiophene rings is 1. The molecule has 0 amide bonds. The second-order valence-electron chi connectivity index (χ2n) is 15.2. The van der Waals surface area contributed by atoms with E-state index >= 15 is 0 Å². The largest absolute Gasteiger partial charge is 0.345 e. The molecule has 0 saturated carbocycles. The molecule has 2 aliphatic carbocycles. The van der Waals surface area contributed by atoms with E-state index in [4.69, 9.17) is 4.99 Å². The maximum absolute atomic E-state index is 5.63. The van der Waals surface area contributed by atoms with Crippen molar-refractivity contribution in [2.45, 2.75) is 38.5 Å². The fourth-order valence-electron chi connectivity index (χ4n) is 9.84. The van der Waals surface area contributed by atoms with Crippen molar-refractivity contribution in [2.24, 2.45) is 10.9 Å². The van der Waals surface area contributed by atoms with Crippen molar-refractivity contribution in [1.29, 1.82) is 0 Å². The van der Waals surface area contributed by atoms with Gasteiger partial charge in [0.1, 0.15) is 0 Å². The van der Waals surface area contributed by atoms with Gasteiger partial charge in [-0.2, -0.15) is 0 Å². The Morgan fingerprint density at radius 1 is 0.717 bits per heavy atom. The van der Waals surface area contributed by atoms with Gasteiger partial charge in [0.2, 0.25) is 6.29 Å². The lowest BCUT2D eigenvalue weighted by molar-refractivity contribution is 0.526. The first-order valence-electron chi connectivity index (χ1n) is 18.8. The van der Waals surface area contributed by atoms with E-state index in [0.717, 1.165) is 17.7 Å². The van der Waals surface area contributed by atoms with Crippen molar-refractivity contribution in [2.75, 3.05) is 5.32 Å². The number of nitrogens with zero attached hydrogens (tertiary/aromatic N) is 3. The number of rotatable bonds is 2. The fourth-order valence-corrected chi connectivity index (χ4v) is 11.2. The summed E-state index contributed by atoms with van der Waals surface area (Å²) in [6, 6.07) is 40.7. The molecule has 5 aromatic carbocycles. The Morgan fingerprint density at radius 2 is 1.45 bits per heavy atom. The third-order valence-electron chi connectivity index (χ3n) is 12.2. The van der Waals surface area contributed by atoms with E-state index in [0.29, 0.717) is 11.8 Å². The topological polar surface area (TPSA) is 34.2 Å². The van der Waals surface area contributed by atoms with Gasteiger partial charge in [-0.05, 0) is 53.2 Å². The van der Waals surface area contributed by atoms with E-state index in [1.165, 1.54) is 86.9 Å². The minimum absolute atomic E-state index is 0.187. The van der Waals surface area contributed by atoms with Gasteiger partial charge in [-0.3, -0.25) is 0 Å². The molecule has 2 aliphatic heterocycles. The van der Waals surface area contributed by atoms with Crippen molar-refractivity contribution in [3.05, 3.63) is 160 Å². The number of aromatic nitrogens is 2. The SMILES string of the molecule is CC1CC=Cc2c1sc1c2NC(n2c3ccccc3c3cc4c(cc32)c2cccc3c2n4C2C(=CC=CC2C)c2ccccc2-3)N=C1c1ccccc1. The van der Waals surface area contributed by atoms with Crippen molar-refractivity contribution in [1.82, 2.24) is 9.13 Å². The van der Waals surface area contributed by atoms with E-state index in [-0.39, 0.29) is 12.3 Å². The number of benzene rings is 5. The van der Waals surface area contributed by atoms with Crippen LogP contribution >= 0.6 is 11.3 Å². The molecule has 0 radical (unpaired) electrons. The molecule has 4 nitrogen and oxygen atoms in total. The molecule has 5 heteroatoms. The number of aliphatic imine (C=N–C) groups is 1. The minimum atomic E-state index is -0.324. The van der Waals surface area contributed by atoms with Crippen LogP contribution in [0.3, 0.4) is 0 Å². The summed E-state index contributed by atoms with van der Waals surface area (Å²) in [6.45, 7) is 4.72. The maximum atomic E-state index is 5.63. The van der Waals surface area contributed by atoms with E-state index in [1.54, 1.807) is 0 Å². The average Bonchev–Trinajstić information content (AvgIpc) is 3.82. The zero-order chi connectivity index (χ0) is 34.9. The lowest BCUT2D eigenvalue weighted by Gasteiger charge is -2.30. The zero-order valence-electron chi connectivity index (χ0n) is 29.5. The van der Waals surface area contributed by atoms with Crippen LogP contribution in [0.15, 0.2) is 138 Å². The van der Waals surface area contributed by atoms with E-state index < -0.39 is 0 Å². The highest BCUT2D eigenvalue weighted by Crippen LogP contribution is 2.52. The number of nitrogens with one attached hydrogen (secondary N) is 1. The van der Waals surface area contributed by atoms with Crippen LogP contribution in [-0.4, -0.2) is 14.8 Å². The Balaban J connectivity index is 1.16. The Morgan fingerprint density at radius 3 is 2.34 bits per heavy atom. The molecule has 4 atom stereocenters. The molecule has 4 aliphatic rings. The summed E-state index contributed by atoms with van der Waals surface area (Å²) in [5.41, 5.74) is 15.1. The number of hydrogen-bond donors (Lipinski definition) is 1. The molecule has 0 fully saturated rings. The standard InChI is InChI=1S/C48H36N4S/c1-27-13-10-20-33-30-17-6-7-18-31(30)34-21-12-22-35-38-26-40-37(25-41(38)52(44(27)33)45(34)35)32-19-8-9-24-39(32)51(40)48-49-42(29-15-4-3-5-16-29)47-43(50-48)36-23-11-14-28(2)46(36)53-47/h3-13,15-28,44,48,50H,14H2,1-2H3. The van der Waals surface area contributed by atoms with Crippen LogP contribution in [-0.2, 0) is 0 Å². The van der Waals surface area contributed by atoms with Crippen LogP contribution in [0.4, 0.5) is 5.69 Å². The summed E-state index contributed by atoms with van der Waals surface area (Å²) < 4.78 is 5.13. The van der Waals surface area contributed by atoms with Gasteiger partial charge in [0.15, 0.2) is 0 Å². The highest BCUT2D eigenvalue weighted by atomic mass is 32.1. The molecular weight excluding hydrogens is 665 g/mol. The quantitative estimate of drug-likeness (QED) is 0.191. The monoisotopic (exact) mass is 700 g/mol. The molecule has 4 unspecified atom stereocenters. The molecule has 254 valence electrons. The second kappa shape index (κ2) is 10.8. The molecule has 0 bridgehead atoms. The molecular formula is C48H36N4S. The summed E-state index contributed by atoms with van der Waals surface area (Å²) in [7, 11) is 0. The third-order valence-corrected chi connectivity index (χ3v) is 13.6. The van der Waals surface area contributed by atoms with Crippen LogP contribution in [0.5, 0.6) is 0 Å². The predicted octanol–water partition coefficient (Wildman–Crippen LogP) is 12.7. The van der Waals surface area contributed by atoms with Crippen molar-refractivity contribution in [3.63, 3.8) is 0 Å². The number of para-hydroxylation sites is 2. The summed E-state index contributed by atoms with van der Waals surface area (Å²) >= 11 is 1.91. The van der Waals surface area contributed by atoms with Crippen LogP contribution < -0.4 is 5.32 Å². The maximum Gasteiger partial charge on any atom is 0.201 e. The number of anilines is 1. The first kappa shape index (κ1) is 29.6. The fraction of sp³-hybridized carbons (Fsp3) is 0.146. The second-order valence-corrected chi connectivity index (χ2v) is 16.2. The lowest BCUT2D eigenvalue weighted by atomic mass is 9.84. The van der Waals surface area contributed by atoms with E-state index in [2.05, 4.69) is 168 Å². The molecule has 1 N–H and O–H groups in total. The summed E-state index contributed by atoms with van der Waals surface area (Å²) in [5.74, 6) is 0.827. The van der Waals surface area contributed by atoms with Gasteiger partial charge in [0, 0.05) is 43.1 Å². The molecule has 53 heavy (non-hydrogen) atoms. The molecule has 3 aromatic heterocycles. The van der Waals surface area contributed by atoms with Crippen LogP contribution in [0.1, 0.15) is 65.0 Å². The van der Waals surface area contributed by atoms with Gasteiger partial charge in [0.25, 0.3) is 0 Å². The molecule has 8 aromatic rings.